The molecule has 2 aliphatic rings. The van der Waals surface area contributed by atoms with E-state index in [0.717, 1.165) is 67.1 Å². The highest BCUT2D eigenvalue weighted by atomic mass is 32.2. The summed E-state index contributed by atoms with van der Waals surface area (Å²) >= 11 is 0. The second kappa shape index (κ2) is 11.1. The Morgan fingerprint density at radius 1 is 1.07 bits per heavy atom. The Kier molecular flexibility index (Phi) is 7.35. The first-order valence-electron chi connectivity index (χ1n) is 13.7. The van der Waals surface area contributed by atoms with Crippen molar-refractivity contribution in [3.05, 3.63) is 60.4 Å². The molecule has 1 aliphatic heterocycles. The third kappa shape index (κ3) is 6.33. The molecule has 3 aromatic heterocycles. The van der Waals surface area contributed by atoms with Gasteiger partial charge in [0.2, 0.25) is 5.95 Å². The molecule has 12 heteroatoms. The number of nitrogens with one attached hydrogen (secondary N) is 1. The van der Waals surface area contributed by atoms with Crippen LogP contribution in [0.25, 0.3) is 16.9 Å². The minimum absolute atomic E-state index is 0.199. The lowest BCUT2D eigenvalue weighted by Crippen LogP contribution is -2.48. The maximum absolute atomic E-state index is 12.3. The maximum Gasteiger partial charge on any atom is 0.319 e. The molecule has 1 saturated heterocycles. The fraction of sp³-hybridized carbons (Fsp3) is 0.379. The quantitative estimate of drug-likeness (QED) is 0.311. The standard InChI is InChI=1S/C29H34N8O3S/c1-40-27(38)19-35-13-15-36(16-14-35)23-11-9-22(10-12-23)31-29-30-18-21-17-24(20-7-8-20)37(28(21)33-29)26-6-4-5-25(32-26)34-41(2,3)39/h4-6,9-12,17-18,20H,7-8,13-16,19H2,1-3H3,(H,30,31,33). The molecule has 1 aromatic carbocycles. The third-order valence-electron chi connectivity index (χ3n) is 7.27. The summed E-state index contributed by atoms with van der Waals surface area (Å²) in [5, 5.41) is 4.29. The van der Waals surface area contributed by atoms with Crippen LogP contribution in [0, 0.1) is 0 Å². The molecule has 0 spiro atoms. The van der Waals surface area contributed by atoms with E-state index in [1.807, 2.05) is 30.5 Å². The van der Waals surface area contributed by atoms with E-state index < -0.39 is 9.73 Å². The fourth-order valence-electron chi connectivity index (χ4n) is 5.10. The van der Waals surface area contributed by atoms with Gasteiger partial charge < -0.3 is 15.0 Å². The second-order valence-electron chi connectivity index (χ2n) is 10.8. The summed E-state index contributed by atoms with van der Waals surface area (Å²) in [5.41, 5.74) is 3.94. The van der Waals surface area contributed by atoms with Crippen molar-refractivity contribution in [1.82, 2.24) is 24.4 Å². The van der Waals surface area contributed by atoms with Crippen molar-refractivity contribution in [2.45, 2.75) is 18.8 Å². The van der Waals surface area contributed by atoms with Crippen molar-refractivity contribution in [3.8, 4) is 5.82 Å². The molecule has 0 amide bonds. The molecule has 1 N–H and O–H groups in total. The van der Waals surface area contributed by atoms with Crippen LogP contribution < -0.4 is 10.2 Å². The SMILES string of the molecule is COC(=O)CN1CCN(c2ccc(Nc3ncc4cc(C5CC5)n(-c5cccc(N=S(C)(C)=O)n5)c4n3)cc2)CC1. The largest absolute Gasteiger partial charge is 0.468 e. The Morgan fingerprint density at radius 3 is 2.51 bits per heavy atom. The summed E-state index contributed by atoms with van der Waals surface area (Å²) in [7, 11) is -0.911. The predicted octanol–water partition coefficient (Wildman–Crippen LogP) is 4.09. The minimum atomic E-state index is -2.33. The number of hydrogen-bond donors (Lipinski definition) is 1. The summed E-state index contributed by atoms with van der Waals surface area (Å²) < 4.78 is 23.4. The van der Waals surface area contributed by atoms with E-state index in [0.29, 0.717) is 30.0 Å². The molecule has 1 saturated carbocycles. The van der Waals surface area contributed by atoms with Gasteiger partial charge >= 0.3 is 5.97 Å². The first kappa shape index (κ1) is 27.2. The van der Waals surface area contributed by atoms with Gasteiger partial charge in [-0.25, -0.2) is 14.2 Å². The van der Waals surface area contributed by atoms with Crippen molar-refractivity contribution in [3.63, 3.8) is 0 Å². The maximum atomic E-state index is 12.3. The van der Waals surface area contributed by atoms with Gasteiger partial charge in [-0.05, 0) is 61.2 Å². The highest BCUT2D eigenvalue weighted by molar-refractivity contribution is 7.92. The molecule has 214 valence electrons. The summed E-state index contributed by atoms with van der Waals surface area (Å²) in [6.45, 7) is 3.65. The van der Waals surface area contributed by atoms with E-state index in [2.05, 4.69) is 47.2 Å². The van der Waals surface area contributed by atoms with E-state index >= 15 is 0 Å². The van der Waals surface area contributed by atoms with Gasteiger partial charge in [0, 0.05) is 77.1 Å². The second-order valence-corrected chi connectivity index (χ2v) is 13.3. The first-order chi connectivity index (χ1) is 19.8. The minimum Gasteiger partial charge on any atom is -0.468 e. The van der Waals surface area contributed by atoms with Crippen LogP contribution in [-0.2, 0) is 19.3 Å². The summed E-state index contributed by atoms with van der Waals surface area (Å²) in [5.74, 6) is 1.90. The monoisotopic (exact) mass is 574 g/mol. The predicted molar refractivity (Wildman–Crippen MR) is 161 cm³/mol. The number of benzene rings is 1. The van der Waals surface area contributed by atoms with Crippen LogP contribution in [0.4, 0.5) is 23.1 Å². The lowest BCUT2D eigenvalue weighted by atomic mass is 10.2. The van der Waals surface area contributed by atoms with Gasteiger partial charge in [0.05, 0.1) is 13.7 Å². The van der Waals surface area contributed by atoms with Crippen molar-refractivity contribution >= 4 is 49.9 Å². The van der Waals surface area contributed by atoms with Gasteiger partial charge in [-0.2, -0.15) is 9.35 Å². The van der Waals surface area contributed by atoms with E-state index in [-0.39, 0.29) is 5.97 Å². The zero-order valence-corrected chi connectivity index (χ0v) is 24.3. The molecule has 4 heterocycles. The van der Waals surface area contributed by atoms with Gasteiger partial charge in [0.1, 0.15) is 5.82 Å². The average Bonchev–Trinajstić information content (AvgIpc) is 3.73. The molecule has 4 aromatic rings. The van der Waals surface area contributed by atoms with Crippen molar-refractivity contribution < 1.29 is 13.7 Å². The number of methoxy groups -OCH3 is 1. The van der Waals surface area contributed by atoms with E-state index in [1.165, 1.54) is 7.11 Å². The Labute approximate surface area is 239 Å². The van der Waals surface area contributed by atoms with Crippen LogP contribution in [0.15, 0.2) is 59.1 Å². The number of nitrogens with zero attached hydrogens (tertiary/aromatic N) is 7. The van der Waals surface area contributed by atoms with Gasteiger partial charge in [0.25, 0.3) is 0 Å². The zero-order chi connectivity index (χ0) is 28.6. The summed E-state index contributed by atoms with van der Waals surface area (Å²) in [6.07, 6.45) is 7.31. The van der Waals surface area contributed by atoms with Crippen LogP contribution in [0.5, 0.6) is 0 Å². The number of esters is 1. The number of fused-ring (bicyclic) bond motifs is 1. The van der Waals surface area contributed by atoms with Crippen LogP contribution in [0.1, 0.15) is 24.5 Å². The van der Waals surface area contributed by atoms with Crippen molar-refractivity contribution in [2.75, 3.05) is 62.6 Å². The number of carbonyl (C=O) groups is 1. The number of piperazine rings is 1. The normalized spacial score (nSPS) is 16.1. The van der Waals surface area contributed by atoms with E-state index in [4.69, 9.17) is 14.7 Å². The molecular weight excluding hydrogens is 540 g/mol. The van der Waals surface area contributed by atoms with Crippen LogP contribution in [0.2, 0.25) is 0 Å². The third-order valence-corrected chi connectivity index (χ3v) is 7.90. The van der Waals surface area contributed by atoms with Gasteiger partial charge in [-0.1, -0.05) is 6.07 Å². The van der Waals surface area contributed by atoms with Crippen molar-refractivity contribution in [2.24, 2.45) is 4.36 Å². The van der Waals surface area contributed by atoms with Crippen LogP contribution in [-0.4, -0.2) is 86.9 Å². The molecule has 11 nitrogen and oxygen atoms in total. The molecule has 41 heavy (non-hydrogen) atoms. The Hall–Kier alpha value is -4.03. The molecular formula is C29H34N8O3S. The number of rotatable bonds is 8. The van der Waals surface area contributed by atoms with Crippen molar-refractivity contribution in [1.29, 1.82) is 0 Å². The highest BCUT2D eigenvalue weighted by Crippen LogP contribution is 2.43. The molecule has 2 fully saturated rings. The lowest BCUT2D eigenvalue weighted by Gasteiger charge is -2.35. The molecule has 0 radical (unpaired) electrons. The lowest BCUT2D eigenvalue weighted by molar-refractivity contribution is -0.142. The van der Waals surface area contributed by atoms with Gasteiger partial charge in [0.15, 0.2) is 11.5 Å². The summed E-state index contributed by atoms with van der Waals surface area (Å²) in [4.78, 5) is 30.2. The Morgan fingerprint density at radius 2 is 1.83 bits per heavy atom. The van der Waals surface area contributed by atoms with Gasteiger partial charge in [-0.3, -0.25) is 14.3 Å². The summed E-state index contributed by atoms with van der Waals surface area (Å²) in [6, 6.07) is 16.0. The number of ether oxygens (including phenoxy) is 1. The van der Waals surface area contributed by atoms with E-state index in [9.17, 15) is 9.00 Å². The van der Waals surface area contributed by atoms with Crippen LogP contribution >= 0.6 is 0 Å². The number of aromatic nitrogens is 4. The molecule has 0 unspecified atom stereocenters. The topological polar surface area (TPSA) is 118 Å². The Bertz CT molecular complexity index is 1690. The molecule has 6 rings (SSSR count). The van der Waals surface area contributed by atoms with E-state index in [1.54, 1.807) is 18.6 Å². The average molecular weight is 575 g/mol. The zero-order valence-electron chi connectivity index (χ0n) is 23.5. The first-order valence-corrected chi connectivity index (χ1v) is 16.0. The number of pyridine rings is 1. The fourth-order valence-corrected chi connectivity index (χ4v) is 5.65. The smallest absolute Gasteiger partial charge is 0.319 e. The Balaban J connectivity index is 1.22. The molecule has 0 atom stereocenters. The molecule has 0 bridgehead atoms. The van der Waals surface area contributed by atoms with Gasteiger partial charge in [-0.15, -0.1) is 0 Å². The molecule has 1 aliphatic carbocycles. The number of anilines is 3. The number of carbonyl (C=O) groups excluding carboxylic acids is 1. The number of hydrogen-bond acceptors (Lipinski definition) is 10. The van der Waals surface area contributed by atoms with Crippen LogP contribution in [0.3, 0.4) is 0 Å². The highest BCUT2D eigenvalue weighted by Gasteiger charge is 2.29.